The van der Waals surface area contributed by atoms with E-state index >= 15 is 0 Å². The third-order valence-corrected chi connectivity index (χ3v) is 6.06. The molecule has 0 saturated heterocycles. The topological polar surface area (TPSA) is 92.3 Å². The summed E-state index contributed by atoms with van der Waals surface area (Å²) in [6.45, 7) is 4.01. The third kappa shape index (κ3) is 5.27. The lowest BCUT2D eigenvalue weighted by Gasteiger charge is -2.16. The van der Waals surface area contributed by atoms with Gasteiger partial charge < -0.3 is 9.84 Å². The molecule has 0 unspecified atom stereocenters. The Labute approximate surface area is 207 Å². The Balaban J connectivity index is 2.04. The summed E-state index contributed by atoms with van der Waals surface area (Å²) in [6, 6.07) is 14.1. The normalized spacial score (nSPS) is 10.7. The highest BCUT2D eigenvalue weighted by Gasteiger charge is 2.26. The molecule has 0 bridgehead atoms. The fourth-order valence-electron chi connectivity index (χ4n) is 3.61. The van der Waals surface area contributed by atoms with E-state index in [1.807, 2.05) is 43.3 Å². The number of aromatic nitrogens is 1. The molecule has 34 heavy (non-hydrogen) atoms. The van der Waals surface area contributed by atoms with Crippen molar-refractivity contribution < 1.29 is 14.6 Å². The number of ketones is 1. The first-order chi connectivity index (χ1) is 16.3. The number of halogens is 2. The molecule has 0 aliphatic heterocycles. The van der Waals surface area contributed by atoms with Crippen molar-refractivity contribution in [2.45, 2.75) is 39.7 Å². The molecule has 1 N–H and O–H groups in total. The predicted octanol–water partition coefficient (Wildman–Crippen LogP) is 5.69. The molecule has 6 nitrogen and oxygen atoms in total. The Morgan fingerprint density at radius 2 is 1.82 bits per heavy atom. The Morgan fingerprint density at radius 3 is 2.41 bits per heavy atom. The predicted molar refractivity (Wildman–Crippen MR) is 132 cm³/mol. The van der Waals surface area contributed by atoms with Crippen LogP contribution in [-0.4, -0.2) is 22.1 Å². The van der Waals surface area contributed by atoms with Crippen molar-refractivity contribution in [2.24, 2.45) is 0 Å². The van der Waals surface area contributed by atoms with E-state index in [9.17, 15) is 20.0 Å². The van der Waals surface area contributed by atoms with E-state index in [0.29, 0.717) is 13.0 Å². The first-order valence-electron chi connectivity index (χ1n) is 10.9. The molecule has 0 spiro atoms. The zero-order valence-corrected chi connectivity index (χ0v) is 20.4. The van der Waals surface area contributed by atoms with Gasteiger partial charge in [-0.05, 0) is 43.0 Å². The van der Waals surface area contributed by atoms with Crippen molar-refractivity contribution in [3.05, 3.63) is 90.7 Å². The summed E-state index contributed by atoms with van der Waals surface area (Å²) < 4.78 is 6.68. The van der Waals surface area contributed by atoms with Crippen LogP contribution in [0.2, 0.25) is 10.0 Å². The van der Waals surface area contributed by atoms with Gasteiger partial charge in [-0.1, -0.05) is 66.9 Å². The number of hydrogen-bond donors (Lipinski definition) is 1. The van der Waals surface area contributed by atoms with Gasteiger partial charge in [0.1, 0.15) is 11.6 Å². The molecule has 176 valence electrons. The number of aromatic hydroxyl groups is 1. The van der Waals surface area contributed by atoms with Crippen molar-refractivity contribution in [3.8, 4) is 17.7 Å². The van der Waals surface area contributed by atoms with Gasteiger partial charge in [0.2, 0.25) is 5.88 Å². The third-order valence-electron chi connectivity index (χ3n) is 5.50. The standard InChI is InChI=1S/C26H24Cl2N2O4/c1-3-4-12-34-24-20(27)13-18(14-21(24)28)23(31)22-16(2)19(15-29)25(32)30(26(22)33)11-10-17-8-6-5-7-9-17/h5-9,13-14,33H,3-4,10-12H2,1-2H3. The molecule has 0 amide bonds. The molecular formula is C26H24Cl2N2O4. The van der Waals surface area contributed by atoms with E-state index in [-0.39, 0.29) is 44.6 Å². The van der Waals surface area contributed by atoms with Gasteiger partial charge in [-0.3, -0.25) is 14.2 Å². The van der Waals surface area contributed by atoms with Gasteiger partial charge in [0, 0.05) is 12.1 Å². The van der Waals surface area contributed by atoms with Crippen LogP contribution >= 0.6 is 23.2 Å². The molecule has 1 heterocycles. The van der Waals surface area contributed by atoms with Gasteiger partial charge in [-0.25, -0.2) is 0 Å². The number of carbonyl (C=O) groups is 1. The molecule has 3 aromatic rings. The summed E-state index contributed by atoms with van der Waals surface area (Å²) in [6.07, 6.45) is 2.19. The fourth-order valence-corrected chi connectivity index (χ4v) is 4.20. The van der Waals surface area contributed by atoms with Gasteiger partial charge in [0.05, 0.1) is 22.2 Å². The Bertz CT molecular complexity index is 1290. The Morgan fingerprint density at radius 1 is 1.18 bits per heavy atom. The number of nitriles is 1. The summed E-state index contributed by atoms with van der Waals surface area (Å²) in [5.41, 5.74) is 0.149. The summed E-state index contributed by atoms with van der Waals surface area (Å²) in [5.74, 6) is -0.832. The van der Waals surface area contributed by atoms with Crippen molar-refractivity contribution in [3.63, 3.8) is 0 Å². The maximum Gasteiger partial charge on any atom is 0.271 e. The molecule has 0 fully saturated rings. The molecule has 3 rings (SSSR count). The average molecular weight is 499 g/mol. The highest BCUT2D eigenvalue weighted by molar-refractivity contribution is 6.38. The summed E-state index contributed by atoms with van der Waals surface area (Å²) in [7, 11) is 0. The molecule has 2 aromatic carbocycles. The van der Waals surface area contributed by atoms with Crippen molar-refractivity contribution in [2.75, 3.05) is 6.61 Å². The van der Waals surface area contributed by atoms with Crippen molar-refractivity contribution >= 4 is 29.0 Å². The van der Waals surface area contributed by atoms with Gasteiger partial charge >= 0.3 is 0 Å². The van der Waals surface area contributed by atoms with E-state index in [2.05, 4.69) is 0 Å². The first kappa shape index (κ1) is 25.4. The van der Waals surface area contributed by atoms with Crippen LogP contribution in [0.15, 0.2) is 47.3 Å². The minimum atomic E-state index is -0.652. The number of hydrogen-bond acceptors (Lipinski definition) is 5. The number of carbonyl (C=O) groups excluding carboxylic acids is 1. The van der Waals surface area contributed by atoms with Crippen LogP contribution in [-0.2, 0) is 13.0 Å². The zero-order chi connectivity index (χ0) is 24.8. The number of nitrogens with zero attached hydrogens (tertiary/aromatic N) is 2. The van der Waals surface area contributed by atoms with Gasteiger partial charge in [0.15, 0.2) is 11.5 Å². The zero-order valence-electron chi connectivity index (χ0n) is 18.9. The summed E-state index contributed by atoms with van der Waals surface area (Å²) in [5, 5.41) is 20.9. The van der Waals surface area contributed by atoms with E-state index in [1.165, 1.54) is 19.1 Å². The number of unbranched alkanes of at least 4 members (excludes halogenated alkanes) is 1. The highest BCUT2D eigenvalue weighted by atomic mass is 35.5. The lowest BCUT2D eigenvalue weighted by Crippen LogP contribution is -2.27. The van der Waals surface area contributed by atoms with Crippen LogP contribution in [0.5, 0.6) is 11.6 Å². The number of rotatable bonds is 9. The quantitative estimate of drug-likeness (QED) is 0.302. The Kier molecular flexibility index (Phi) is 8.38. The molecule has 0 aliphatic carbocycles. The smallest absolute Gasteiger partial charge is 0.271 e. The maximum atomic E-state index is 13.4. The molecule has 0 radical (unpaired) electrons. The fraction of sp³-hybridized carbons (Fsp3) is 0.269. The minimum Gasteiger partial charge on any atom is -0.494 e. The van der Waals surface area contributed by atoms with Crippen LogP contribution in [0.4, 0.5) is 0 Å². The average Bonchev–Trinajstić information content (AvgIpc) is 2.81. The summed E-state index contributed by atoms with van der Waals surface area (Å²) >= 11 is 12.7. The second-order valence-corrected chi connectivity index (χ2v) is 8.62. The van der Waals surface area contributed by atoms with Crippen molar-refractivity contribution in [1.29, 1.82) is 5.26 Å². The van der Waals surface area contributed by atoms with Crippen LogP contribution in [0.3, 0.4) is 0 Å². The largest absolute Gasteiger partial charge is 0.494 e. The van der Waals surface area contributed by atoms with E-state index in [4.69, 9.17) is 27.9 Å². The second kappa shape index (κ2) is 11.2. The number of aryl methyl sites for hydroxylation is 1. The van der Waals surface area contributed by atoms with E-state index in [0.717, 1.165) is 23.0 Å². The number of benzene rings is 2. The molecule has 0 saturated carbocycles. The lowest BCUT2D eigenvalue weighted by molar-refractivity contribution is 0.103. The van der Waals surface area contributed by atoms with E-state index in [1.54, 1.807) is 0 Å². The van der Waals surface area contributed by atoms with Crippen LogP contribution < -0.4 is 10.3 Å². The van der Waals surface area contributed by atoms with Gasteiger partial charge in [-0.15, -0.1) is 0 Å². The molecule has 1 aromatic heterocycles. The van der Waals surface area contributed by atoms with Crippen molar-refractivity contribution in [1.82, 2.24) is 4.57 Å². The molecule has 8 heteroatoms. The highest BCUT2D eigenvalue weighted by Crippen LogP contribution is 2.36. The molecule has 0 aliphatic rings. The number of ether oxygens (including phenoxy) is 1. The van der Waals surface area contributed by atoms with E-state index < -0.39 is 17.2 Å². The SMILES string of the molecule is CCCCOc1c(Cl)cc(C(=O)c2c(C)c(C#N)c(=O)n(CCc3ccccc3)c2O)cc1Cl. The summed E-state index contributed by atoms with van der Waals surface area (Å²) in [4.78, 5) is 26.3. The first-order valence-corrected chi connectivity index (χ1v) is 11.6. The van der Waals surface area contributed by atoms with Gasteiger partial charge in [0.25, 0.3) is 5.56 Å². The number of pyridine rings is 1. The Hall–Kier alpha value is -3.27. The molecule has 0 atom stereocenters. The molecular weight excluding hydrogens is 475 g/mol. The minimum absolute atomic E-state index is 0.0929. The second-order valence-electron chi connectivity index (χ2n) is 7.80. The monoisotopic (exact) mass is 498 g/mol. The van der Waals surface area contributed by atoms with Crippen LogP contribution in [0.25, 0.3) is 0 Å². The van der Waals surface area contributed by atoms with Crippen LogP contribution in [0, 0.1) is 18.3 Å². The maximum absolute atomic E-state index is 13.4. The van der Waals surface area contributed by atoms with Gasteiger partial charge in [-0.2, -0.15) is 5.26 Å². The lowest BCUT2D eigenvalue weighted by atomic mass is 9.97. The van der Waals surface area contributed by atoms with Crippen LogP contribution in [0.1, 0.15) is 52.4 Å².